The van der Waals surface area contributed by atoms with Crippen molar-refractivity contribution in [3.8, 4) is 0 Å². The molecule has 1 unspecified atom stereocenters. The number of halogens is 2. The SMILES string of the molecule is CC(C)(c1cccc(Cl)c1)C(OC(N)=O)c1cccc(Cl)c1. The Morgan fingerprint density at radius 1 is 1.09 bits per heavy atom. The van der Waals surface area contributed by atoms with Crippen molar-refractivity contribution in [1.29, 1.82) is 0 Å². The van der Waals surface area contributed by atoms with Crippen LogP contribution in [0.5, 0.6) is 0 Å². The average molecular weight is 338 g/mol. The summed E-state index contributed by atoms with van der Waals surface area (Å²) in [6.07, 6.45) is -1.41. The molecule has 0 bridgehead atoms. The van der Waals surface area contributed by atoms with Gasteiger partial charge < -0.3 is 10.5 Å². The predicted molar refractivity (Wildman–Crippen MR) is 89.3 cm³/mol. The van der Waals surface area contributed by atoms with Crippen LogP contribution in [0.3, 0.4) is 0 Å². The second-order valence-electron chi connectivity index (χ2n) is 5.60. The molecule has 0 saturated heterocycles. The summed E-state index contributed by atoms with van der Waals surface area (Å²) in [5.41, 5.74) is 6.43. The van der Waals surface area contributed by atoms with Gasteiger partial charge in [-0.05, 0) is 35.4 Å². The number of benzene rings is 2. The molecule has 0 radical (unpaired) electrons. The molecule has 0 aromatic heterocycles. The topological polar surface area (TPSA) is 52.3 Å². The number of hydrogen-bond donors (Lipinski definition) is 1. The minimum Gasteiger partial charge on any atom is -0.441 e. The van der Waals surface area contributed by atoms with E-state index >= 15 is 0 Å². The summed E-state index contributed by atoms with van der Waals surface area (Å²) in [7, 11) is 0. The first-order valence-electron chi connectivity index (χ1n) is 6.78. The minimum atomic E-state index is -0.833. The Hall–Kier alpha value is -1.71. The van der Waals surface area contributed by atoms with Gasteiger partial charge in [0.2, 0.25) is 0 Å². The Morgan fingerprint density at radius 3 is 2.23 bits per heavy atom. The number of hydrogen-bond acceptors (Lipinski definition) is 2. The maximum absolute atomic E-state index is 11.4. The molecule has 2 rings (SSSR count). The summed E-state index contributed by atoms with van der Waals surface area (Å²) in [6.45, 7) is 3.93. The summed E-state index contributed by atoms with van der Waals surface area (Å²) in [5.74, 6) is 0. The standard InChI is InChI=1S/C17H17Cl2NO2/c1-17(2,12-6-4-8-14(19)10-12)15(22-16(20)21)11-5-3-7-13(18)9-11/h3-10,15H,1-2H3,(H2,20,21). The Kier molecular flexibility index (Phi) is 4.99. The van der Waals surface area contributed by atoms with Crippen molar-refractivity contribution in [2.75, 3.05) is 0 Å². The molecule has 5 heteroatoms. The van der Waals surface area contributed by atoms with Gasteiger partial charge >= 0.3 is 6.09 Å². The third-order valence-electron chi connectivity index (χ3n) is 3.61. The molecule has 0 saturated carbocycles. The maximum atomic E-state index is 11.4. The second-order valence-corrected chi connectivity index (χ2v) is 6.48. The molecule has 0 aliphatic heterocycles. The molecule has 0 aliphatic rings. The van der Waals surface area contributed by atoms with E-state index in [2.05, 4.69) is 0 Å². The fourth-order valence-corrected chi connectivity index (χ4v) is 2.85. The van der Waals surface area contributed by atoms with Gasteiger partial charge in [0.25, 0.3) is 0 Å². The van der Waals surface area contributed by atoms with Crippen LogP contribution < -0.4 is 5.73 Å². The summed E-state index contributed by atoms with van der Waals surface area (Å²) < 4.78 is 5.39. The molecule has 1 atom stereocenters. The average Bonchev–Trinajstić information content (AvgIpc) is 2.44. The summed E-state index contributed by atoms with van der Waals surface area (Å²) in [6, 6.07) is 14.6. The fourth-order valence-electron chi connectivity index (χ4n) is 2.46. The van der Waals surface area contributed by atoms with Gasteiger partial charge in [-0.25, -0.2) is 4.79 Å². The van der Waals surface area contributed by atoms with E-state index in [4.69, 9.17) is 33.7 Å². The molecule has 1 amide bonds. The highest BCUT2D eigenvalue weighted by molar-refractivity contribution is 6.30. The normalized spacial score (nSPS) is 12.7. The second kappa shape index (κ2) is 6.59. The molecular formula is C17H17Cl2NO2. The van der Waals surface area contributed by atoms with Crippen molar-refractivity contribution in [2.45, 2.75) is 25.4 Å². The van der Waals surface area contributed by atoms with E-state index in [1.165, 1.54) is 0 Å². The van der Waals surface area contributed by atoms with Crippen molar-refractivity contribution in [2.24, 2.45) is 5.73 Å². The first-order chi connectivity index (χ1) is 10.3. The van der Waals surface area contributed by atoms with Gasteiger partial charge in [0.05, 0.1) is 0 Å². The largest absolute Gasteiger partial charge is 0.441 e. The smallest absolute Gasteiger partial charge is 0.405 e. The van der Waals surface area contributed by atoms with Crippen LogP contribution in [0, 0.1) is 0 Å². The number of ether oxygens (including phenoxy) is 1. The highest BCUT2D eigenvalue weighted by Gasteiger charge is 2.35. The number of amides is 1. The lowest BCUT2D eigenvalue weighted by atomic mass is 9.76. The predicted octanol–water partition coefficient (Wildman–Crippen LogP) is 5.11. The minimum absolute atomic E-state index is 0.537. The quantitative estimate of drug-likeness (QED) is 0.842. The number of carbonyl (C=O) groups excluding carboxylic acids is 1. The molecule has 0 heterocycles. The summed E-state index contributed by atoms with van der Waals surface area (Å²) in [5, 5.41) is 1.19. The molecule has 0 spiro atoms. The molecule has 0 aliphatic carbocycles. The van der Waals surface area contributed by atoms with Gasteiger partial charge in [0.15, 0.2) is 0 Å². The summed E-state index contributed by atoms with van der Waals surface area (Å²) in [4.78, 5) is 11.4. The van der Waals surface area contributed by atoms with E-state index in [1.54, 1.807) is 18.2 Å². The van der Waals surface area contributed by atoms with Crippen LogP contribution >= 0.6 is 23.2 Å². The first-order valence-corrected chi connectivity index (χ1v) is 7.54. The van der Waals surface area contributed by atoms with Gasteiger partial charge in [-0.3, -0.25) is 0 Å². The molecule has 2 aromatic carbocycles. The molecule has 2 N–H and O–H groups in total. The van der Waals surface area contributed by atoms with Crippen molar-refractivity contribution in [1.82, 2.24) is 0 Å². The van der Waals surface area contributed by atoms with Crippen molar-refractivity contribution in [3.63, 3.8) is 0 Å². The Labute approximate surface area is 140 Å². The van der Waals surface area contributed by atoms with Crippen molar-refractivity contribution >= 4 is 29.3 Å². The van der Waals surface area contributed by atoms with Crippen LogP contribution in [0.2, 0.25) is 10.0 Å². The van der Waals surface area contributed by atoms with Gasteiger partial charge in [0, 0.05) is 15.5 Å². The van der Waals surface area contributed by atoms with E-state index in [0.717, 1.165) is 11.1 Å². The van der Waals surface area contributed by atoms with Gasteiger partial charge in [-0.1, -0.05) is 61.3 Å². The Morgan fingerprint density at radius 2 is 1.68 bits per heavy atom. The third-order valence-corrected chi connectivity index (χ3v) is 4.08. The molecule has 116 valence electrons. The highest BCUT2D eigenvalue weighted by Crippen LogP contribution is 2.40. The lowest BCUT2D eigenvalue weighted by Crippen LogP contribution is -2.32. The van der Waals surface area contributed by atoms with E-state index in [0.29, 0.717) is 10.0 Å². The van der Waals surface area contributed by atoms with Gasteiger partial charge in [0.1, 0.15) is 6.10 Å². The Bertz CT molecular complexity index is 686. The van der Waals surface area contributed by atoms with Crippen molar-refractivity contribution in [3.05, 3.63) is 69.7 Å². The lowest BCUT2D eigenvalue weighted by Gasteiger charge is -2.34. The fraction of sp³-hybridized carbons (Fsp3) is 0.235. The third kappa shape index (κ3) is 3.73. The number of carbonyl (C=O) groups is 1. The van der Waals surface area contributed by atoms with E-state index < -0.39 is 17.6 Å². The van der Waals surface area contributed by atoms with E-state index in [9.17, 15) is 4.79 Å². The molecule has 3 nitrogen and oxygen atoms in total. The monoisotopic (exact) mass is 337 g/mol. The van der Waals surface area contributed by atoms with E-state index in [1.807, 2.05) is 44.2 Å². The lowest BCUT2D eigenvalue weighted by molar-refractivity contribution is 0.0621. The number of primary amides is 1. The zero-order valence-corrected chi connectivity index (χ0v) is 13.9. The number of nitrogens with two attached hydrogens (primary N) is 1. The molecule has 2 aromatic rings. The van der Waals surface area contributed by atoms with Crippen LogP contribution in [-0.4, -0.2) is 6.09 Å². The molecule has 22 heavy (non-hydrogen) atoms. The van der Waals surface area contributed by atoms with Crippen LogP contribution in [0.4, 0.5) is 4.79 Å². The molecule has 0 fully saturated rings. The zero-order chi connectivity index (χ0) is 16.3. The zero-order valence-electron chi connectivity index (χ0n) is 12.3. The summed E-state index contributed by atoms with van der Waals surface area (Å²) >= 11 is 12.1. The van der Waals surface area contributed by atoms with Crippen LogP contribution in [0.25, 0.3) is 0 Å². The number of rotatable bonds is 4. The highest BCUT2D eigenvalue weighted by atomic mass is 35.5. The van der Waals surface area contributed by atoms with Crippen molar-refractivity contribution < 1.29 is 9.53 Å². The van der Waals surface area contributed by atoms with Crippen LogP contribution in [0.1, 0.15) is 31.1 Å². The van der Waals surface area contributed by atoms with Gasteiger partial charge in [-0.2, -0.15) is 0 Å². The van der Waals surface area contributed by atoms with E-state index in [-0.39, 0.29) is 0 Å². The first kappa shape index (κ1) is 16.7. The van der Waals surface area contributed by atoms with Gasteiger partial charge in [-0.15, -0.1) is 0 Å². The molecular weight excluding hydrogens is 321 g/mol. The van der Waals surface area contributed by atoms with Crippen LogP contribution in [-0.2, 0) is 10.2 Å². The Balaban J connectivity index is 2.50. The van der Waals surface area contributed by atoms with Crippen LogP contribution in [0.15, 0.2) is 48.5 Å². The maximum Gasteiger partial charge on any atom is 0.405 e.